The molecule has 1 aliphatic heterocycles. The number of Topliss-reactive ketones (excluding diaryl/α,β-unsaturated/α-hetero) is 1. The molecule has 0 radical (unpaired) electrons. The highest BCUT2D eigenvalue weighted by Gasteiger charge is 2.21. The maximum atomic E-state index is 12.1. The molecule has 0 spiro atoms. The van der Waals surface area contributed by atoms with Crippen LogP contribution in [0.15, 0.2) is 53.1 Å². The summed E-state index contributed by atoms with van der Waals surface area (Å²) in [5, 5.41) is 2.98. The number of nitrogens with one attached hydrogen (secondary N) is 1. The Balaban J connectivity index is 1.32. The van der Waals surface area contributed by atoms with Gasteiger partial charge in [0.1, 0.15) is 0 Å². The average molecular weight is 355 g/mol. The Bertz CT molecular complexity index is 692. The second kappa shape index (κ2) is 9.31. The van der Waals surface area contributed by atoms with Crippen LogP contribution in [0.4, 0.5) is 0 Å². The average Bonchev–Trinajstić information content (AvgIpc) is 3.19. The summed E-state index contributed by atoms with van der Waals surface area (Å²) in [6.07, 6.45) is 2.36. The molecule has 26 heavy (non-hydrogen) atoms. The second-order valence-electron chi connectivity index (χ2n) is 6.54. The van der Waals surface area contributed by atoms with Crippen LogP contribution in [0, 0.1) is 0 Å². The molecule has 0 atom stereocenters. The largest absolute Gasteiger partial charge is 0.461 e. The quantitative estimate of drug-likeness (QED) is 0.726. The highest BCUT2D eigenvalue weighted by atomic mass is 16.3. The molecular weight excluding hydrogens is 330 g/mol. The summed E-state index contributed by atoms with van der Waals surface area (Å²) in [4.78, 5) is 28.4. The fourth-order valence-corrected chi connectivity index (χ4v) is 3.07. The van der Waals surface area contributed by atoms with E-state index in [0.29, 0.717) is 25.4 Å². The van der Waals surface area contributed by atoms with Crippen molar-refractivity contribution >= 4 is 11.7 Å². The Labute approximate surface area is 153 Å². The van der Waals surface area contributed by atoms with E-state index in [1.807, 2.05) is 18.2 Å². The molecule has 1 amide bonds. The summed E-state index contributed by atoms with van der Waals surface area (Å²) in [5.74, 6) is 0.466. The number of rotatable bonds is 8. The molecule has 3 rings (SSSR count). The van der Waals surface area contributed by atoms with Crippen LogP contribution in [-0.4, -0.2) is 67.3 Å². The van der Waals surface area contributed by atoms with Crippen molar-refractivity contribution in [3.8, 4) is 0 Å². The van der Waals surface area contributed by atoms with Gasteiger partial charge in [0.05, 0.1) is 19.4 Å². The van der Waals surface area contributed by atoms with Crippen molar-refractivity contribution in [2.75, 3.05) is 45.8 Å². The monoisotopic (exact) mass is 355 g/mol. The molecule has 0 bridgehead atoms. The van der Waals surface area contributed by atoms with E-state index >= 15 is 0 Å². The van der Waals surface area contributed by atoms with E-state index in [1.54, 1.807) is 12.1 Å². The lowest BCUT2D eigenvalue weighted by Gasteiger charge is -2.33. The van der Waals surface area contributed by atoms with Crippen molar-refractivity contribution in [2.24, 2.45) is 0 Å². The van der Waals surface area contributed by atoms with Gasteiger partial charge in [-0.3, -0.25) is 19.4 Å². The Hall–Kier alpha value is -2.44. The van der Waals surface area contributed by atoms with E-state index in [2.05, 4.69) is 27.2 Å². The van der Waals surface area contributed by atoms with Crippen LogP contribution in [0.25, 0.3) is 0 Å². The zero-order chi connectivity index (χ0) is 18.2. The number of furan rings is 1. The standard InChI is InChI=1S/C20H25N3O3/c24-18(19-7-4-14-26-19)15-22-10-12-23(13-11-22)16-20(25)21-9-8-17-5-2-1-3-6-17/h1-7,14H,8-13,15-16H2,(H,21,25). The lowest BCUT2D eigenvalue weighted by atomic mass is 10.1. The van der Waals surface area contributed by atoms with Crippen LogP contribution in [0.3, 0.4) is 0 Å². The molecule has 2 heterocycles. The zero-order valence-corrected chi connectivity index (χ0v) is 14.9. The van der Waals surface area contributed by atoms with Gasteiger partial charge in [-0.1, -0.05) is 30.3 Å². The van der Waals surface area contributed by atoms with E-state index < -0.39 is 0 Å². The molecule has 138 valence electrons. The van der Waals surface area contributed by atoms with E-state index in [1.165, 1.54) is 11.8 Å². The SMILES string of the molecule is O=C(CN1CCN(CC(=O)c2ccco2)CC1)NCCc1ccccc1. The van der Waals surface area contributed by atoms with Gasteiger partial charge in [0.2, 0.25) is 11.7 Å². The van der Waals surface area contributed by atoms with Crippen LogP contribution in [0.2, 0.25) is 0 Å². The molecule has 6 heteroatoms. The fourth-order valence-electron chi connectivity index (χ4n) is 3.07. The predicted molar refractivity (Wildman–Crippen MR) is 99.1 cm³/mol. The Morgan fingerprint density at radius 1 is 0.923 bits per heavy atom. The van der Waals surface area contributed by atoms with Crippen molar-refractivity contribution < 1.29 is 14.0 Å². The zero-order valence-electron chi connectivity index (χ0n) is 14.9. The first-order chi connectivity index (χ1) is 12.7. The molecule has 1 aromatic heterocycles. The summed E-state index contributed by atoms with van der Waals surface area (Å²) in [6, 6.07) is 13.6. The van der Waals surface area contributed by atoms with Crippen LogP contribution >= 0.6 is 0 Å². The van der Waals surface area contributed by atoms with Crippen LogP contribution in [0.1, 0.15) is 16.1 Å². The van der Waals surface area contributed by atoms with Gasteiger partial charge in [0.15, 0.2) is 5.76 Å². The second-order valence-corrected chi connectivity index (χ2v) is 6.54. The number of nitrogens with zero attached hydrogens (tertiary/aromatic N) is 2. The number of carbonyl (C=O) groups excluding carboxylic acids is 2. The van der Waals surface area contributed by atoms with Crippen LogP contribution in [-0.2, 0) is 11.2 Å². The van der Waals surface area contributed by atoms with Crippen molar-refractivity contribution in [1.82, 2.24) is 15.1 Å². The first-order valence-corrected chi connectivity index (χ1v) is 9.03. The number of hydrogen-bond acceptors (Lipinski definition) is 5. The van der Waals surface area contributed by atoms with Crippen LogP contribution < -0.4 is 5.32 Å². The van der Waals surface area contributed by atoms with Gasteiger partial charge >= 0.3 is 0 Å². The number of amides is 1. The van der Waals surface area contributed by atoms with E-state index in [4.69, 9.17) is 4.42 Å². The predicted octanol–water partition coefficient (Wildman–Crippen LogP) is 1.44. The van der Waals surface area contributed by atoms with Gasteiger partial charge in [-0.2, -0.15) is 0 Å². The molecule has 2 aromatic rings. The first kappa shape index (κ1) is 18.4. The van der Waals surface area contributed by atoms with Crippen molar-refractivity contribution in [2.45, 2.75) is 6.42 Å². The van der Waals surface area contributed by atoms with Crippen molar-refractivity contribution in [3.63, 3.8) is 0 Å². The van der Waals surface area contributed by atoms with Crippen molar-refractivity contribution in [1.29, 1.82) is 0 Å². The molecule has 1 fully saturated rings. The molecule has 0 saturated carbocycles. The highest BCUT2D eigenvalue weighted by molar-refractivity contribution is 5.95. The molecule has 6 nitrogen and oxygen atoms in total. The summed E-state index contributed by atoms with van der Waals surface area (Å²) < 4.78 is 5.14. The van der Waals surface area contributed by atoms with Gasteiger partial charge in [0, 0.05) is 32.7 Å². The third-order valence-electron chi connectivity index (χ3n) is 4.57. The Morgan fingerprint density at radius 2 is 1.62 bits per heavy atom. The minimum Gasteiger partial charge on any atom is -0.461 e. The number of ketones is 1. The smallest absolute Gasteiger partial charge is 0.234 e. The summed E-state index contributed by atoms with van der Waals surface area (Å²) in [5.41, 5.74) is 1.22. The summed E-state index contributed by atoms with van der Waals surface area (Å²) >= 11 is 0. The topological polar surface area (TPSA) is 65.8 Å². The molecule has 0 unspecified atom stereocenters. The third-order valence-corrected chi connectivity index (χ3v) is 4.57. The van der Waals surface area contributed by atoms with E-state index in [9.17, 15) is 9.59 Å². The molecule has 1 saturated heterocycles. The lowest BCUT2D eigenvalue weighted by molar-refractivity contribution is -0.122. The first-order valence-electron chi connectivity index (χ1n) is 9.03. The van der Waals surface area contributed by atoms with Gasteiger partial charge < -0.3 is 9.73 Å². The van der Waals surface area contributed by atoms with Gasteiger partial charge in [-0.25, -0.2) is 0 Å². The van der Waals surface area contributed by atoms with Crippen molar-refractivity contribution in [3.05, 3.63) is 60.1 Å². The molecular formula is C20H25N3O3. The molecule has 1 aromatic carbocycles. The molecule has 0 aliphatic carbocycles. The number of hydrogen-bond donors (Lipinski definition) is 1. The van der Waals surface area contributed by atoms with Gasteiger partial charge in [-0.05, 0) is 24.1 Å². The Kier molecular flexibility index (Phi) is 6.57. The van der Waals surface area contributed by atoms with Crippen LogP contribution in [0.5, 0.6) is 0 Å². The van der Waals surface area contributed by atoms with E-state index in [0.717, 1.165) is 32.6 Å². The molecule has 1 aliphatic rings. The minimum atomic E-state index is 0.00195. The number of carbonyl (C=O) groups is 2. The maximum Gasteiger partial charge on any atom is 0.234 e. The third kappa shape index (κ3) is 5.54. The maximum absolute atomic E-state index is 12.1. The van der Waals surface area contributed by atoms with Gasteiger partial charge in [-0.15, -0.1) is 0 Å². The normalized spacial score (nSPS) is 15.7. The summed E-state index contributed by atoms with van der Waals surface area (Å²) in [6.45, 7) is 4.57. The number of piperazine rings is 1. The summed E-state index contributed by atoms with van der Waals surface area (Å²) in [7, 11) is 0. The Morgan fingerprint density at radius 3 is 2.27 bits per heavy atom. The minimum absolute atomic E-state index is 0.00195. The fraction of sp³-hybridized carbons (Fsp3) is 0.400. The molecule has 1 N–H and O–H groups in total. The number of benzene rings is 1. The van der Waals surface area contributed by atoms with E-state index in [-0.39, 0.29) is 11.7 Å². The highest BCUT2D eigenvalue weighted by Crippen LogP contribution is 2.06. The lowest BCUT2D eigenvalue weighted by Crippen LogP contribution is -2.50. The van der Waals surface area contributed by atoms with Gasteiger partial charge in [0.25, 0.3) is 0 Å².